The van der Waals surface area contributed by atoms with Crippen molar-refractivity contribution in [2.24, 2.45) is 5.73 Å². The zero-order valence-corrected chi connectivity index (χ0v) is 15.3. The van der Waals surface area contributed by atoms with E-state index in [1.807, 2.05) is 6.07 Å². The molecule has 3 aromatic carbocycles. The topological polar surface area (TPSA) is 35.2 Å². The van der Waals surface area contributed by atoms with Gasteiger partial charge in [0, 0.05) is 12.0 Å². The number of fused-ring (bicyclic) bond motifs is 2. The Balaban J connectivity index is 0.00000182. The lowest BCUT2D eigenvalue weighted by molar-refractivity contribution is 0.137. The van der Waals surface area contributed by atoms with Crippen LogP contribution in [0, 0.1) is 0 Å². The van der Waals surface area contributed by atoms with Crippen molar-refractivity contribution in [3.8, 4) is 5.75 Å². The molecule has 130 valence electrons. The zero-order valence-electron chi connectivity index (χ0n) is 14.4. The molecule has 0 spiro atoms. The second-order valence-corrected chi connectivity index (χ2v) is 7.03. The van der Waals surface area contributed by atoms with Crippen molar-refractivity contribution in [3.63, 3.8) is 0 Å². The molecule has 0 aliphatic carbocycles. The highest BCUT2D eigenvalue weighted by molar-refractivity contribution is 5.86. The largest absolute Gasteiger partial charge is 0.490 e. The first-order valence-corrected chi connectivity index (χ1v) is 8.65. The standard InChI is InChI=1S/C22H23NO.ClH/c1-22(23,20-11-6-9-16-7-2-4-10-19(16)20)15-18-14-13-17-8-3-5-12-21(17)24-18;/h2-12,18H,13-15,23H2,1H3;1H/t18-,22?;/m1./s1. The second-order valence-electron chi connectivity index (χ2n) is 7.03. The fourth-order valence-corrected chi connectivity index (χ4v) is 3.83. The van der Waals surface area contributed by atoms with Crippen molar-refractivity contribution in [2.75, 3.05) is 0 Å². The van der Waals surface area contributed by atoms with Crippen molar-refractivity contribution in [2.45, 2.75) is 37.8 Å². The number of hydrogen-bond acceptors (Lipinski definition) is 2. The van der Waals surface area contributed by atoms with Crippen LogP contribution in [0.2, 0.25) is 0 Å². The average Bonchev–Trinajstić information content (AvgIpc) is 2.61. The highest BCUT2D eigenvalue weighted by atomic mass is 35.5. The fourth-order valence-electron chi connectivity index (χ4n) is 3.83. The van der Waals surface area contributed by atoms with E-state index in [0.29, 0.717) is 0 Å². The summed E-state index contributed by atoms with van der Waals surface area (Å²) in [6.07, 6.45) is 3.06. The number of para-hydroxylation sites is 1. The molecule has 0 saturated carbocycles. The van der Waals surface area contributed by atoms with E-state index in [-0.39, 0.29) is 18.5 Å². The van der Waals surface area contributed by atoms with Crippen LogP contribution in [0.5, 0.6) is 5.75 Å². The number of hydrogen-bond donors (Lipinski definition) is 1. The summed E-state index contributed by atoms with van der Waals surface area (Å²) in [5, 5.41) is 2.47. The zero-order chi connectivity index (χ0) is 16.6. The number of nitrogens with two attached hydrogens (primary N) is 1. The van der Waals surface area contributed by atoms with E-state index in [4.69, 9.17) is 10.5 Å². The second kappa shape index (κ2) is 7.07. The van der Waals surface area contributed by atoms with Crippen molar-refractivity contribution in [1.82, 2.24) is 0 Å². The smallest absolute Gasteiger partial charge is 0.122 e. The molecule has 0 amide bonds. The third kappa shape index (κ3) is 3.51. The van der Waals surface area contributed by atoms with Gasteiger partial charge >= 0.3 is 0 Å². The third-order valence-electron chi connectivity index (χ3n) is 5.06. The molecule has 1 heterocycles. The summed E-state index contributed by atoms with van der Waals surface area (Å²) in [4.78, 5) is 0. The molecule has 0 aromatic heterocycles. The number of ether oxygens (including phenoxy) is 1. The molecule has 2 nitrogen and oxygen atoms in total. The SMILES string of the molecule is CC(N)(C[C@H]1CCc2ccccc2O1)c1cccc2ccccc12.Cl. The van der Waals surface area contributed by atoms with Crippen molar-refractivity contribution in [3.05, 3.63) is 77.9 Å². The Kier molecular flexibility index (Phi) is 5.03. The molecule has 0 fully saturated rings. The van der Waals surface area contributed by atoms with Crippen LogP contribution in [-0.4, -0.2) is 6.10 Å². The molecule has 3 heteroatoms. The van der Waals surface area contributed by atoms with Crippen LogP contribution in [0.3, 0.4) is 0 Å². The average molecular weight is 354 g/mol. The van der Waals surface area contributed by atoms with Gasteiger partial charge in [-0.05, 0) is 47.7 Å². The summed E-state index contributed by atoms with van der Waals surface area (Å²) in [5.74, 6) is 1.02. The number of aryl methyl sites for hydroxylation is 1. The summed E-state index contributed by atoms with van der Waals surface area (Å²) in [7, 11) is 0. The van der Waals surface area contributed by atoms with Gasteiger partial charge in [0.15, 0.2) is 0 Å². The highest BCUT2D eigenvalue weighted by Gasteiger charge is 2.30. The minimum Gasteiger partial charge on any atom is -0.490 e. The molecular formula is C22H24ClNO. The summed E-state index contributed by atoms with van der Waals surface area (Å²) in [5.41, 5.74) is 8.86. The first-order chi connectivity index (χ1) is 11.6. The molecule has 0 bridgehead atoms. The minimum absolute atomic E-state index is 0. The third-order valence-corrected chi connectivity index (χ3v) is 5.06. The fraction of sp³-hybridized carbons (Fsp3) is 0.273. The Hall–Kier alpha value is -2.03. The number of benzene rings is 3. The molecule has 1 aliphatic rings. The van der Waals surface area contributed by atoms with Crippen LogP contribution in [0.4, 0.5) is 0 Å². The van der Waals surface area contributed by atoms with E-state index in [1.54, 1.807) is 0 Å². The van der Waals surface area contributed by atoms with E-state index in [2.05, 4.69) is 67.6 Å². The van der Waals surface area contributed by atoms with E-state index in [9.17, 15) is 0 Å². The highest BCUT2D eigenvalue weighted by Crippen LogP contribution is 2.35. The molecule has 2 N–H and O–H groups in total. The van der Waals surface area contributed by atoms with E-state index in [1.165, 1.54) is 21.9 Å². The van der Waals surface area contributed by atoms with Crippen LogP contribution in [0.15, 0.2) is 66.7 Å². The van der Waals surface area contributed by atoms with E-state index in [0.717, 1.165) is 25.0 Å². The lowest BCUT2D eigenvalue weighted by Crippen LogP contribution is -2.40. The molecule has 25 heavy (non-hydrogen) atoms. The van der Waals surface area contributed by atoms with Gasteiger partial charge in [-0.15, -0.1) is 12.4 Å². The number of halogens is 1. The van der Waals surface area contributed by atoms with Gasteiger partial charge < -0.3 is 10.5 Å². The van der Waals surface area contributed by atoms with Gasteiger partial charge in [0.1, 0.15) is 11.9 Å². The van der Waals surface area contributed by atoms with Crippen LogP contribution in [0.25, 0.3) is 10.8 Å². The normalized spacial score (nSPS) is 18.6. The Morgan fingerprint density at radius 3 is 2.60 bits per heavy atom. The first-order valence-electron chi connectivity index (χ1n) is 8.65. The van der Waals surface area contributed by atoms with Crippen molar-refractivity contribution < 1.29 is 4.74 Å². The summed E-state index contributed by atoms with van der Waals surface area (Å²) < 4.78 is 6.22. The molecule has 4 rings (SSSR count). The van der Waals surface area contributed by atoms with Gasteiger partial charge in [0.25, 0.3) is 0 Å². The molecule has 3 aromatic rings. The Labute approximate surface area is 155 Å². The van der Waals surface area contributed by atoms with Crippen LogP contribution >= 0.6 is 12.4 Å². The predicted octanol–water partition coefficient (Wildman–Crippen LogP) is 5.22. The molecule has 1 aliphatic heterocycles. The van der Waals surface area contributed by atoms with Crippen LogP contribution < -0.4 is 10.5 Å². The van der Waals surface area contributed by atoms with Crippen molar-refractivity contribution in [1.29, 1.82) is 0 Å². The van der Waals surface area contributed by atoms with Gasteiger partial charge in [-0.1, -0.05) is 60.7 Å². The summed E-state index contributed by atoms with van der Waals surface area (Å²) >= 11 is 0. The lowest BCUT2D eigenvalue weighted by Gasteiger charge is -2.34. The van der Waals surface area contributed by atoms with Crippen molar-refractivity contribution >= 4 is 23.2 Å². The Morgan fingerprint density at radius 2 is 1.72 bits per heavy atom. The lowest BCUT2D eigenvalue weighted by atomic mass is 9.82. The maximum atomic E-state index is 6.77. The Bertz CT molecular complexity index is 869. The number of rotatable bonds is 3. The van der Waals surface area contributed by atoms with E-state index < -0.39 is 5.54 Å². The van der Waals surface area contributed by atoms with Gasteiger partial charge in [-0.3, -0.25) is 0 Å². The summed E-state index contributed by atoms with van der Waals surface area (Å²) in [6.45, 7) is 2.12. The van der Waals surface area contributed by atoms with Gasteiger partial charge in [-0.25, -0.2) is 0 Å². The molecule has 1 unspecified atom stereocenters. The van der Waals surface area contributed by atoms with Gasteiger partial charge in [-0.2, -0.15) is 0 Å². The van der Waals surface area contributed by atoms with Gasteiger partial charge in [0.2, 0.25) is 0 Å². The Morgan fingerprint density at radius 1 is 1.00 bits per heavy atom. The summed E-state index contributed by atoms with van der Waals surface area (Å²) in [6, 6.07) is 23.2. The van der Waals surface area contributed by atoms with Gasteiger partial charge in [0.05, 0.1) is 0 Å². The maximum absolute atomic E-state index is 6.77. The van der Waals surface area contributed by atoms with E-state index >= 15 is 0 Å². The first kappa shape index (κ1) is 17.8. The predicted molar refractivity (Wildman–Crippen MR) is 107 cm³/mol. The monoisotopic (exact) mass is 353 g/mol. The van der Waals surface area contributed by atoms with Crippen LogP contribution in [-0.2, 0) is 12.0 Å². The molecule has 0 saturated heterocycles. The molecule has 2 atom stereocenters. The quantitative estimate of drug-likeness (QED) is 0.700. The molecule has 0 radical (unpaired) electrons. The maximum Gasteiger partial charge on any atom is 0.122 e. The molecular weight excluding hydrogens is 330 g/mol. The minimum atomic E-state index is -0.419. The van der Waals surface area contributed by atoms with Crippen LogP contribution in [0.1, 0.15) is 30.9 Å².